The molecule has 0 atom stereocenters. The number of non-ortho nitro benzene ring substituents is 1. The van der Waals surface area contributed by atoms with Gasteiger partial charge < -0.3 is 9.47 Å². The predicted octanol–water partition coefficient (Wildman–Crippen LogP) is 7.27. The number of fused-ring (bicyclic) bond motifs is 3. The van der Waals surface area contributed by atoms with E-state index in [9.17, 15) is 14.9 Å². The number of hydrogen-bond donors (Lipinski definition) is 0. The van der Waals surface area contributed by atoms with Crippen molar-refractivity contribution in [2.75, 3.05) is 12.4 Å². The molecule has 10 heteroatoms. The van der Waals surface area contributed by atoms with Gasteiger partial charge in [0.25, 0.3) is 5.69 Å². The Bertz CT molecular complexity index is 1510. The van der Waals surface area contributed by atoms with E-state index < -0.39 is 4.92 Å². The first kappa shape index (κ1) is 27.2. The quantitative estimate of drug-likeness (QED) is 0.0495. The summed E-state index contributed by atoms with van der Waals surface area (Å²) < 4.78 is 11.9. The van der Waals surface area contributed by atoms with E-state index in [4.69, 9.17) is 19.4 Å². The van der Waals surface area contributed by atoms with Gasteiger partial charge in [-0.2, -0.15) is 0 Å². The van der Waals surface area contributed by atoms with Crippen LogP contribution in [0.2, 0.25) is 0 Å². The van der Waals surface area contributed by atoms with Gasteiger partial charge in [-0.15, -0.1) is 11.3 Å². The minimum Gasteiger partial charge on any atom is -0.494 e. The number of unbranched alkanes of at least 4 members (excludes halogenated alkanes) is 1. The molecule has 0 aliphatic carbocycles. The summed E-state index contributed by atoms with van der Waals surface area (Å²) in [5.74, 6) is 1.43. The van der Waals surface area contributed by atoms with E-state index in [1.165, 1.54) is 41.6 Å². The Morgan fingerprint density at radius 3 is 2.59 bits per heavy atom. The van der Waals surface area contributed by atoms with Crippen molar-refractivity contribution in [3.8, 4) is 17.1 Å². The molecule has 0 bridgehead atoms. The van der Waals surface area contributed by atoms with Gasteiger partial charge in [-0.3, -0.25) is 14.9 Å². The van der Waals surface area contributed by atoms with Crippen LogP contribution in [-0.2, 0) is 17.8 Å². The summed E-state index contributed by atoms with van der Waals surface area (Å²) in [6, 6.07) is 13.5. The van der Waals surface area contributed by atoms with Crippen molar-refractivity contribution < 1.29 is 19.2 Å². The molecule has 0 unspecified atom stereocenters. The number of thiophene rings is 1. The fraction of sp³-hybridized carbons (Fsp3) is 0.345. The van der Waals surface area contributed by atoms with Gasteiger partial charge in [0.2, 0.25) is 0 Å². The zero-order valence-corrected chi connectivity index (χ0v) is 23.7. The van der Waals surface area contributed by atoms with E-state index in [0.717, 1.165) is 50.7 Å². The number of rotatable bonds is 10. The molecule has 0 saturated carbocycles. The highest BCUT2D eigenvalue weighted by molar-refractivity contribution is 8.00. The second-order valence-electron chi connectivity index (χ2n) is 10.0. The number of aromatic nitrogens is 2. The van der Waals surface area contributed by atoms with E-state index in [-0.39, 0.29) is 22.8 Å². The van der Waals surface area contributed by atoms with Crippen molar-refractivity contribution in [3.05, 3.63) is 74.6 Å². The van der Waals surface area contributed by atoms with Gasteiger partial charge in [-0.05, 0) is 62.2 Å². The van der Waals surface area contributed by atoms with Gasteiger partial charge >= 0.3 is 0 Å². The average molecular weight is 564 g/mol. The molecule has 8 nitrogen and oxygen atoms in total. The smallest absolute Gasteiger partial charge is 0.269 e. The molecular formula is C29H29N3O5S2. The zero-order valence-electron chi connectivity index (χ0n) is 22.1. The first-order valence-electron chi connectivity index (χ1n) is 12.8. The predicted molar refractivity (Wildman–Crippen MR) is 154 cm³/mol. The number of nitrogens with zero attached hydrogens (tertiary/aromatic N) is 3. The fourth-order valence-corrected chi connectivity index (χ4v) is 6.48. The largest absolute Gasteiger partial charge is 0.494 e. The van der Waals surface area contributed by atoms with Gasteiger partial charge in [-0.1, -0.05) is 25.1 Å². The monoisotopic (exact) mass is 563 g/mol. The first-order valence-corrected chi connectivity index (χ1v) is 14.6. The van der Waals surface area contributed by atoms with Gasteiger partial charge in [0.1, 0.15) is 15.6 Å². The lowest BCUT2D eigenvalue weighted by Gasteiger charge is -2.30. The number of nitro groups is 1. The number of Topliss-reactive ketones (excluding diaryl/α,β-unsaturated/α-hetero) is 1. The Morgan fingerprint density at radius 2 is 1.90 bits per heavy atom. The molecule has 0 amide bonds. The highest BCUT2D eigenvalue weighted by Gasteiger charge is 2.31. The Hall–Kier alpha value is -3.34. The minimum absolute atomic E-state index is 0.0436. The number of carbonyl (C=O) groups excluding carboxylic acids is 1. The summed E-state index contributed by atoms with van der Waals surface area (Å²) in [4.78, 5) is 35.4. The molecule has 0 N–H and O–H groups in total. The Morgan fingerprint density at radius 1 is 1.15 bits per heavy atom. The van der Waals surface area contributed by atoms with Gasteiger partial charge in [0.05, 0.1) is 29.5 Å². The van der Waals surface area contributed by atoms with Crippen molar-refractivity contribution in [1.82, 2.24) is 9.97 Å². The molecule has 2 aromatic heterocycles. The Balaban J connectivity index is 1.47. The molecule has 4 aromatic rings. The molecule has 0 fully saturated rings. The van der Waals surface area contributed by atoms with Gasteiger partial charge in [-0.25, -0.2) is 9.97 Å². The third-order valence-corrected chi connectivity index (χ3v) is 8.59. The molecule has 3 heterocycles. The summed E-state index contributed by atoms with van der Waals surface area (Å²) in [6.07, 6.45) is 2.81. The summed E-state index contributed by atoms with van der Waals surface area (Å²) in [5, 5.41) is 12.7. The van der Waals surface area contributed by atoms with E-state index in [1.54, 1.807) is 11.3 Å². The third-order valence-electron chi connectivity index (χ3n) is 6.52. The molecule has 1 aliphatic rings. The number of ketones is 1. The molecule has 0 radical (unpaired) electrons. The number of hydrogen-bond acceptors (Lipinski definition) is 9. The van der Waals surface area contributed by atoms with E-state index >= 15 is 0 Å². The van der Waals surface area contributed by atoms with Crippen LogP contribution in [0.25, 0.3) is 21.6 Å². The maximum atomic E-state index is 13.0. The number of nitro benzene ring substituents is 1. The minimum atomic E-state index is -0.475. The lowest BCUT2D eigenvalue weighted by molar-refractivity contribution is -0.384. The maximum absolute atomic E-state index is 13.0. The van der Waals surface area contributed by atoms with E-state index in [1.807, 2.05) is 24.3 Å². The molecular weight excluding hydrogens is 534 g/mol. The van der Waals surface area contributed by atoms with Crippen LogP contribution in [0.1, 0.15) is 54.4 Å². The third kappa shape index (κ3) is 6.13. The average Bonchev–Trinajstić information content (AvgIpc) is 3.29. The van der Waals surface area contributed by atoms with Crippen LogP contribution in [0.3, 0.4) is 0 Å². The van der Waals surface area contributed by atoms with Crippen LogP contribution in [0, 0.1) is 10.1 Å². The highest BCUT2D eigenvalue weighted by atomic mass is 32.2. The zero-order chi connectivity index (χ0) is 27.6. The normalized spacial score (nSPS) is 14.2. The van der Waals surface area contributed by atoms with Crippen molar-refractivity contribution in [2.45, 2.75) is 57.3 Å². The molecule has 202 valence electrons. The number of ether oxygens (including phenoxy) is 2. The maximum Gasteiger partial charge on any atom is 0.269 e. The lowest BCUT2D eigenvalue weighted by atomic mass is 9.94. The second kappa shape index (κ2) is 11.4. The number of thioether (sulfide) groups is 1. The summed E-state index contributed by atoms with van der Waals surface area (Å²) in [7, 11) is 0. The molecule has 5 rings (SSSR count). The SMILES string of the molecule is CCCCOc1ccc(-c2nc(SCC(=O)c3ccc([N+](=O)[O-])cc3)c3c4c(sc3n2)COC(C)(C)C4)cc1. The van der Waals surface area contributed by atoms with Gasteiger partial charge in [0.15, 0.2) is 11.6 Å². The lowest BCUT2D eigenvalue weighted by Crippen LogP contribution is -2.31. The Labute approximate surface area is 234 Å². The fourth-order valence-electron chi connectivity index (χ4n) is 4.37. The topological polar surface area (TPSA) is 104 Å². The van der Waals surface area contributed by atoms with Crippen LogP contribution < -0.4 is 4.74 Å². The van der Waals surface area contributed by atoms with E-state index in [0.29, 0.717) is 24.6 Å². The van der Waals surface area contributed by atoms with Crippen molar-refractivity contribution in [3.63, 3.8) is 0 Å². The molecule has 0 saturated heterocycles. The number of benzene rings is 2. The second-order valence-corrected chi connectivity index (χ2v) is 12.1. The van der Waals surface area contributed by atoms with Gasteiger partial charge in [0, 0.05) is 39.9 Å². The van der Waals surface area contributed by atoms with E-state index in [2.05, 4.69) is 20.8 Å². The molecule has 0 spiro atoms. The van der Waals surface area contributed by atoms with Crippen molar-refractivity contribution in [2.24, 2.45) is 0 Å². The van der Waals surface area contributed by atoms with Crippen molar-refractivity contribution >= 4 is 44.8 Å². The molecule has 1 aliphatic heterocycles. The summed E-state index contributed by atoms with van der Waals surface area (Å²) >= 11 is 2.99. The summed E-state index contributed by atoms with van der Waals surface area (Å²) in [6.45, 7) is 7.48. The van der Waals surface area contributed by atoms with Crippen LogP contribution in [0.5, 0.6) is 5.75 Å². The highest BCUT2D eigenvalue weighted by Crippen LogP contribution is 2.42. The van der Waals surface area contributed by atoms with Crippen LogP contribution >= 0.6 is 23.1 Å². The molecule has 2 aromatic carbocycles. The summed E-state index contributed by atoms with van der Waals surface area (Å²) in [5.41, 5.74) is 2.13. The standard InChI is InChI=1S/C29H29N3O5S2/c1-4-5-14-36-21-12-8-19(9-13-21)26-30-27(38-17-23(33)18-6-10-20(11-7-18)32(34)35)25-22-15-29(2,3)37-16-24(22)39-28(25)31-26/h6-13H,4-5,14-17H2,1-3H3. The van der Waals surface area contributed by atoms with Crippen LogP contribution in [0.15, 0.2) is 53.6 Å². The van der Waals surface area contributed by atoms with Crippen molar-refractivity contribution in [1.29, 1.82) is 0 Å². The number of carbonyl (C=O) groups is 1. The first-order chi connectivity index (χ1) is 18.7. The molecule has 39 heavy (non-hydrogen) atoms. The Kier molecular flexibility index (Phi) is 7.97. The van der Waals surface area contributed by atoms with Crippen LogP contribution in [-0.4, -0.2) is 38.6 Å². The van der Waals surface area contributed by atoms with Crippen LogP contribution in [0.4, 0.5) is 5.69 Å².